The van der Waals surface area contributed by atoms with Crippen LogP contribution in [0.5, 0.6) is 11.6 Å². The van der Waals surface area contributed by atoms with E-state index in [1.54, 1.807) is 41.8 Å². The lowest BCUT2D eigenvalue weighted by Gasteiger charge is -2.07. The van der Waals surface area contributed by atoms with Gasteiger partial charge in [-0.15, -0.1) is 11.3 Å². The molecule has 0 fully saturated rings. The molecule has 4 aromatic heterocycles. The number of aromatic nitrogens is 6. The predicted octanol–water partition coefficient (Wildman–Crippen LogP) is 4.86. The van der Waals surface area contributed by atoms with Crippen LogP contribution >= 0.6 is 11.3 Å². The molecule has 170 valence electrons. The Kier molecular flexibility index (Phi) is 5.64. The molecule has 10 heteroatoms. The molecule has 5 rings (SSSR count). The first-order valence-corrected chi connectivity index (χ1v) is 11.3. The minimum Gasteiger partial charge on any atom is -0.437 e. The summed E-state index contributed by atoms with van der Waals surface area (Å²) in [5.41, 5.74) is 4.68. The summed E-state index contributed by atoms with van der Waals surface area (Å²) in [6.45, 7) is 8.08. The van der Waals surface area contributed by atoms with Crippen molar-refractivity contribution in [2.45, 2.75) is 20.4 Å². The first-order valence-electron chi connectivity index (χ1n) is 10.5. The van der Waals surface area contributed by atoms with Crippen LogP contribution in [-0.2, 0) is 11.3 Å². The van der Waals surface area contributed by atoms with Gasteiger partial charge in [0.25, 0.3) is 0 Å². The van der Waals surface area contributed by atoms with Crippen LogP contribution in [-0.4, -0.2) is 35.6 Å². The number of hydrogen-bond acceptors (Lipinski definition) is 7. The fourth-order valence-corrected chi connectivity index (χ4v) is 4.37. The Morgan fingerprint density at radius 2 is 2.15 bits per heavy atom. The van der Waals surface area contributed by atoms with E-state index in [-0.39, 0.29) is 5.91 Å². The van der Waals surface area contributed by atoms with Crippen LogP contribution in [0.25, 0.3) is 22.3 Å². The summed E-state index contributed by atoms with van der Waals surface area (Å²) in [7, 11) is 0. The van der Waals surface area contributed by atoms with E-state index < -0.39 is 0 Å². The minimum absolute atomic E-state index is 0.295. The number of nitrogens with zero attached hydrogens (tertiary/aromatic N) is 5. The quantitative estimate of drug-likeness (QED) is 0.328. The van der Waals surface area contributed by atoms with Gasteiger partial charge in [0.2, 0.25) is 11.8 Å². The van der Waals surface area contributed by atoms with Crippen molar-refractivity contribution in [1.82, 2.24) is 29.7 Å². The second kappa shape index (κ2) is 8.91. The third kappa shape index (κ3) is 4.44. The molecule has 0 unspecified atom stereocenters. The lowest BCUT2D eigenvalue weighted by Crippen LogP contribution is -2.07. The van der Waals surface area contributed by atoms with Gasteiger partial charge in [0.1, 0.15) is 11.3 Å². The maximum Gasteiger partial charge on any atom is 0.247 e. The Labute approximate surface area is 199 Å². The monoisotopic (exact) mass is 471 g/mol. The first-order chi connectivity index (χ1) is 16.5. The smallest absolute Gasteiger partial charge is 0.247 e. The topological polar surface area (TPSA) is 111 Å². The SMILES string of the molecule is C=CC(=O)Nc1cccc(Oc2cnc3[nH]cc(-c4cn(Cc5cnc(C)s5)nc4C)c3n2)c1. The molecular weight excluding hydrogens is 450 g/mol. The second-order valence-electron chi connectivity index (χ2n) is 7.60. The molecule has 0 aliphatic heterocycles. The van der Waals surface area contributed by atoms with E-state index in [1.165, 1.54) is 6.08 Å². The van der Waals surface area contributed by atoms with Crippen LogP contribution in [0.3, 0.4) is 0 Å². The average molecular weight is 472 g/mol. The number of aromatic amines is 1. The lowest BCUT2D eigenvalue weighted by atomic mass is 10.1. The number of H-pyrrole nitrogens is 1. The predicted molar refractivity (Wildman–Crippen MR) is 131 cm³/mol. The summed E-state index contributed by atoms with van der Waals surface area (Å²) in [5, 5.41) is 8.41. The molecule has 1 aromatic carbocycles. The number of hydrogen-bond donors (Lipinski definition) is 2. The van der Waals surface area contributed by atoms with Gasteiger partial charge < -0.3 is 15.0 Å². The molecule has 0 atom stereocenters. The number of nitrogens with one attached hydrogen (secondary N) is 2. The number of fused-ring (bicyclic) bond motifs is 1. The van der Waals surface area contributed by atoms with Crippen molar-refractivity contribution in [1.29, 1.82) is 0 Å². The van der Waals surface area contributed by atoms with Gasteiger partial charge in [-0.05, 0) is 32.1 Å². The van der Waals surface area contributed by atoms with Crippen LogP contribution in [0.4, 0.5) is 5.69 Å². The third-order valence-electron chi connectivity index (χ3n) is 5.09. The molecule has 0 radical (unpaired) electrons. The zero-order valence-electron chi connectivity index (χ0n) is 18.6. The molecule has 2 N–H and O–H groups in total. The number of carbonyl (C=O) groups excluding carboxylic acids is 1. The van der Waals surface area contributed by atoms with Gasteiger partial charge in [0, 0.05) is 46.3 Å². The lowest BCUT2D eigenvalue weighted by molar-refractivity contribution is -0.111. The Balaban J connectivity index is 1.42. The fourth-order valence-electron chi connectivity index (χ4n) is 3.58. The largest absolute Gasteiger partial charge is 0.437 e. The standard InChI is InChI=1S/C24H21N7O2S/c1-4-21(32)28-16-6-5-7-17(8-16)33-22-11-27-24-23(29-22)19(10-26-24)20-13-31(30-14(20)2)12-18-9-25-15(3)34-18/h4-11,13H,1,12H2,2-3H3,(H,26,27)(H,28,32). The summed E-state index contributed by atoms with van der Waals surface area (Å²) in [6.07, 6.45) is 8.54. The van der Waals surface area contributed by atoms with E-state index >= 15 is 0 Å². The van der Waals surface area contributed by atoms with Gasteiger partial charge in [0.15, 0.2) is 5.65 Å². The van der Waals surface area contributed by atoms with Crippen molar-refractivity contribution < 1.29 is 9.53 Å². The summed E-state index contributed by atoms with van der Waals surface area (Å²) in [6, 6.07) is 7.04. The van der Waals surface area contributed by atoms with E-state index in [4.69, 9.17) is 4.74 Å². The summed E-state index contributed by atoms with van der Waals surface area (Å²) < 4.78 is 7.84. The van der Waals surface area contributed by atoms with Crippen molar-refractivity contribution in [2.24, 2.45) is 0 Å². The summed E-state index contributed by atoms with van der Waals surface area (Å²) in [5.74, 6) is 0.568. The van der Waals surface area contributed by atoms with Crippen molar-refractivity contribution >= 4 is 34.1 Å². The van der Waals surface area contributed by atoms with Crippen molar-refractivity contribution in [2.75, 3.05) is 5.32 Å². The number of aryl methyl sites for hydroxylation is 2. The number of thiazole rings is 1. The Morgan fingerprint density at radius 3 is 2.94 bits per heavy atom. The van der Waals surface area contributed by atoms with Gasteiger partial charge >= 0.3 is 0 Å². The molecule has 1 amide bonds. The van der Waals surface area contributed by atoms with E-state index in [1.807, 2.05) is 37.1 Å². The molecular formula is C24H21N7O2S. The maximum atomic E-state index is 11.6. The summed E-state index contributed by atoms with van der Waals surface area (Å²) >= 11 is 1.66. The highest BCUT2D eigenvalue weighted by atomic mass is 32.1. The van der Waals surface area contributed by atoms with Crippen LogP contribution in [0.2, 0.25) is 0 Å². The highest BCUT2D eigenvalue weighted by Crippen LogP contribution is 2.31. The van der Waals surface area contributed by atoms with E-state index in [0.717, 1.165) is 26.7 Å². The minimum atomic E-state index is -0.295. The Hall–Kier alpha value is -4.31. The van der Waals surface area contributed by atoms with E-state index in [0.29, 0.717) is 35.0 Å². The molecule has 0 saturated carbocycles. The molecule has 0 aliphatic rings. The number of amides is 1. The van der Waals surface area contributed by atoms with Crippen LogP contribution in [0.1, 0.15) is 15.6 Å². The first kappa shape index (κ1) is 21.5. The second-order valence-corrected chi connectivity index (χ2v) is 8.92. The van der Waals surface area contributed by atoms with Gasteiger partial charge in [-0.2, -0.15) is 5.10 Å². The number of carbonyl (C=O) groups is 1. The third-order valence-corrected chi connectivity index (χ3v) is 5.99. The van der Waals surface area contributed by atoms with E-state index in [2.05, 4.69) is 36.9 Å². The van der Waals surface area contributed by atoms with E-state index in [9.17, 15) is 4.79 Å². The van der Waals surface area contributed by atoms with Gasteiger partial charge in [-0.1, -0.05) is 12.6 Å². The normalized spacial score (nSPS) is 11.0. The fraction of sp³-hybridized carbons (Fsp3) is 0.125. The van der Waals surface area contributed by atoms with Crippen molar-refractivity contribution in [3.8, 4) is 22.8 Å². The molecule has 4 heterocycles. The van der Waals surface area contributed by atoms with Gasteiger partial charge in [0.05, 0.1) is 23.4 Å². The summed E-state index contributed by atoms with van der Waals surface area (Å²) in [4.78, 5) is 29.3. The number of rotatable bonds is 7. The van der Waals surface area contributed by atoms with Crippen molar-refractivity contribution in [3.05, 3.63) is 77.3 Å². The zero-order valence-corrected chi connectivity index (χ0v) is 19.4. The van der Waals surface area contributed by atoms with Crippen LogP contribution in [0, 0.1) is 13.8 Å². The highest BCUT2D eigenvalue weighted by molar-refractivity contribution is 7.11. The van der Waals surface area contributed by atoms with Crippen LogP contribution < -0.4 is 10.1 Å². The van der Waals surface area contributed by atoms with Crippen molar-refractivity contribution in [3.63, 3.8) is 0 Å². The van der Waals surface area contributed by atoms with Gasteiger partial charge in [-0.25, -0.2) is 15.0 Å². The molecule has 34 heavy (non-hydrogen) atoms. The maximum absolute atomic E-state index is 11.6. The molecule has 5 aromatic rings. The number of benzene rings is 1. The number of ether oxygens (including phenoxy) is 1. The Bertz CT molecular complexity index is 1510. The van der Waals surface area contributed by atoms with Crippen LogP contribution in [0.15, 0.2) is 61.7 Å². The molecule has 9 nitrogen and oxygen atoms in total. The average Bonchev–Trinajstić information content (AvgIpc) is 3.52. The highest BCUT2D eigenvalue weighted by Gasteiger charge is 2.16. The van der Waals surface area contributed by atoms with Gasteiger partial charge in [-0.3, -0.25) is 9.48 Å². The molecule has 0 bridgehead atoms. The molecule has 0 aliphatic carbocycles. The zero-order chi connectivity index (χ0) is 23.7. The molecule has 0 spiro atoms. The number of anilines is 1. The molecule has 0 saturated heterocycles. The Morgan fingerprint density at radius 1 is 1.26 bits per heavy atom.